The first-order valence-electron chi connectivity index (χ1n) is 6.76. The molecule has 1 N–H and O–H groups in total. The van der Waals surface area contributed by atoms with Crippen LogP contribution < -0.4 is 5.32 Å². The van der Waals surface area contributed by atoms with E-state index in [0.29, 0.717) is 18.0 Å². The lowest BCUT2D eigenvalue weighted by Gasteiger charge is -2.20. The molecule has 2 aliphatic carbocycles. The molecule has 2 saturated carbocycles. The number of amides is 1. The van der Waals surface area contributed by atoms with Crippen molar-refractivity contribution in [3.63, 3.8) is 0 Å². The molecule has 2 fully saturated rings. The first-order chi connectivity index (χ1) is 8.70. The summed E-state index contributed by atoms with van der Waals surface area (Å²) in [6, 6.07) is 6.08. The highest BCUT2D eigenvalue weighted by molar-refractivity contribution is 5.90. The molecule has 18 heavy (non-hydrogen) atoms. The van der Waals surface area contributed by atoms with Gasteiger partial charge in [0.1, 0.15) is 5.82 Å². The molecule has 3 heteroatoms. The van der Waals surface area contributed by atoms with Gasteiger partial charge in [0.2, 0.25) is 5.91 Å². The fraction of sp³-hybridized carbons (Fsp3) is 0.533. The molecule has 1 amide bonds. The molecule has 2 nitrogen and oxygen atoms in total. The maximum absolute atomic E-state index is 13.0. The highest BCUT2D eigenvalue weighted by atomic mass is 19.1. The van der Waals surface area contributed by atoms with Crippen LogP contribution in [0.3, 0.4) is 0 Å². The molecule has 2 bridgehead atoms. The van der Waals surface area contributed by atoms with E-state index >= 15 is 0 Å². The quantitative estimate of drug-likeness (QED) is 0.869. The first-order valence-corrected chi connectivity index (χ1v) is 6.76. The number of halogens is 1. The van der Waals surface area contributed by atoms with Crippen LogP contribution in [0.5, 0.6) is 0 Å². The number of carbonyl (C=O) groups excluding carboxylic acids is 1. The molecule has 0 radical (unpaired) electrons. The van der Waals surface area contributed by atoms with Crippen LogP contribution in [-0.2, 0) is 4.79 Å². The zero-order chi connectivity index (χ0) is 12.5. The summed E-state index contributed by atoms with van der Waals surface area (Å²) in [5.74, 6) is 1.89. The molecule has 1 aromatic rings. The van der Waals surface area contributed by atoms with Crippen LogP contribution in [-0.4, -0.2) is 5.91 Å². The maximum atomic E-state index is 13.0. The Labute approximate surface area is 107 Å². The van der Waals surface area contributed by atoms with Crippen LogP contribution in [0.1, 0.15) is 32.1 Å². The molecule has 2 aliphatic rings. The minimum Gasteiger partial charge on any atom is -0.326 e. The van der Waals surface area contributed by atoms with E-state index in [4.69, 9.17) is 0 Å². The number of hydrogen-bond donors (Lipinski definition) is 1. The second-order valence-electron chi connectivity index (χ2n) is 5.70. The number of carbonyl (C=O) groups is 1. The highest BCUT2D eigenvalue weighted by Crippen LogP contribution is 2.49. The Kier molecular flexibility index (Phi) is 3.06. The van der Waals surface area contributed by atoms with Gasteiger partial charge in [-0.25, -0.2) is 4.39 Å². The lowest BCUT2D eigenvalue weighted by atomic mass is 9.86. The van der Waals surface area contributed by atoms with E-state index in [9.17, 15) is 9.18 Å². The summed E-state index contributed by atoms with van der Waals surface area (Å²) < 4.78 is 13.0. The van der Waals surface area contributed by atoms with Crippen molar-refractivity contribution in [3.05, 3.63) is 30.1 Å². The monoisotopic (exact) mass is 247 g/mol. The Balaban J connectivity index is 1.56. The average molecular weight is 247 g/mol. The Bertz CT molecular complexity index is 460. The highest BCUT2D eigenvalue weighted by Gasteiger charge is 2.40. The molecule has 1 aromatic carbocycles. The number of nitrogens with one attached hydrogen (secondary N) is 1. The second-order valence-corrected chi connectivity index (χ2v) is 5.70. The molecular formula is C15H18FNO. The van der Waals surface area contributed by atoms with Crippen molar-refractivity contribution < 1.29 is 9.18 Å². The fourth-order valence-electron chi connectivity index (χ4n) is 3.64. The summed E-state index contributed by atoms with van der Waals surface area (Å²) in [5, 5.41) is 2.79. The van der Waals surface area contributed by atoms with Crippen molar-refractivity contribution >= 4 is 11.6 Å². The van der Waals surface area contributed by atoms with Gasteiger partial charge < -0.3 is 5.32 Å². The molecule has 0 aromatic heterocycles. The van der Waals surface area contributed by atoms with Crippen molar-refractivity contribution in [2.75, 3.05) is 5.32 Å². The topological polar surface area (TPSA) is 29.1 Å². The summed E-state index contributed by atoms with van der Waals surface area (Å²) in [4.78, 5) is 11.9. The van der Waals surface area contributed by atoms with E-state index in [1.165, 1.54) is 37.8 Å². The fourth-order valence-corrected chi connectivity index (χ4v) is 3.64. The van der Waals surface area contributed by atoms with Gasteiger partial charge in [-0.05, 0) is 55.2 Å². The van der Waals surface area contributed by atoms with Crippen molar-refractivity contribution in [3.8, 4) is 0 Å². The van der Waals surface area contributed by atoms with Gasteiger partial charge in [0.15, 0.2) is 0 Å². The number of fused-ring (bicyclic) bond motifs is 2. The molecule has 0 saturated heterocycles. The lowest BCUT2D eigenvalue weighted by Crippen LogP contribution is -2.20. The second kappa shape index (κ2) is 4.71. The number of hydrogen-bond acceptors (Lipinski definition) is 1. The molecule has 0 heterocycles. The van der Waals surface area contributed by atoms with Gasteiger partial charge in [-0.15, -0.1) is 0 Å². The maximum Gasteiger partial charge on any atom is 0.224 e. The smallest absolute Gasteiger partial charge is 0.224 e. The van der Waals surface area contributed by atoms with E-state index in [0.717, 1.165) is 11.8 Å². The molecular weight excluding hydrogens is 229 g/mol. The van der Waals surface area contributed by atoms with Crippen molar-refractivity contribution in [2.45, 2.75) is 32.1 Å². The SMILES string of the molecule is O=C(C[C@H]1C[C@@H]2CC[C@@H]1C2)Nc1cccc(F)c1. The van der Waals surface area contributed by atoms with Gasteiger partial charge >= 0.3 is 0 Å². The Morgan fingerprint density at radius 3 is 2.89 bits per heavy atom. The van der Waals surface area contributed by atoms with Crippen molar-refractivity contribution in [2.24, 2.45) is 17.8 Å². The van der Waals surface area contributed by atoms with Crippen LogP contribution in [0.25, 0.3) is 0 Å². The zero-order valence-corrected chi connectivity index (χ0v) is 10.4. The first kappa shape index (κ1) is 11.7. The van der Waals surface area contributed by atoms with Gasteiger partial charge in [0.05, 0.1) is 0 Å². The third kappa shape index (κ3) is 2.40. The van der Waals surface area contributed by atoms with Crippen LogP contribution >= 0.6 is 0 Å². The van der Waals surface area contributed by atoms with Crippen LogP contribution in [0, 0.1) is 23.6 Å². The zero-order valence-electron chi connectivity index (χ0n) is 10.4. The summed E-state index contributed by atoms with van der Waals surface area (Å²) in [6.45, 7) is 0. The number of benzene rings is 1. The predicted octanol–water partition coefficient (Wildman–Crippen LogP) is 3.59. The summed E-state index contributed by atoms with van der Waals surface area (Å²) in [7, 11) is 0. The van der Waals surface area contributed by atoms with Crippen molar-refractivity contribution in [1.29, 1.82) is 0 Å². The minimum absolute atomic E-state index is 0.0261. The Morgan fingerprint density at radius 2 is 2.22 bits per heavy atom. The third-order valence-electron chi connectivity index (χ3n) is 4.44. The molecule has 96 valence electrons. The minimum atomic E-state index is -0.312. The number of anilines is 1. The summed E-state index contributed by atoms with van der Waals surface area (Å²) in [5.41, 5.74) is 0.558. The molecule has 3 rings (SSSR count). The molecule has 0 aliphatic heterocycles. The lowest BCUT2D eigenvalue weighted by molar-refractivity contribution is -0.117. The Morgan fingerprint density at radius 1 is 1.33 bits per heavy atom. The molecule has 0 spiro atoms. The van der Waals surface area contributed by atoms with E-state index in [-0.39, 0.29) is 11.7 Å². The van der Waals surface area contributed by atoms with Crippen molar-refractivity contribution in [1.82, 2.24) is 0 Å². The molecule has 0 unspecified atom stereocenters. The average Bonchev–Trinajstić information content (AvgIpc) is 2.90. The van der Waals surface area contributed by atoms with E-state index < -0.39 is 0 Å². The van der Waals surface area contributed by atoms with Crippen LogP contribution in [0.15, 0.2) is 24.3 Å². The van der Waals surface area contributed by atoms with E-state index in [2.05, 4.69) is 5.32 Å². The van der Waals surface area contributed by atoms with Crippen LogP contribution in [0.4, 0.5) is 10.1 Å². The van der Waals surface area contributed by atoms with Gasteiger partial charge in [0.25, 0.3) is 0 Å². The summed E-state index contributed by atoms with van der Waals surface area (Å²) in [6.07, 6.45) is 5.77. The largest absolute Gasteiger partial charge is 0.326 e. The van der Waals surface area contributed by atoms with Gasteiger partial charge in [-0.2, -0.15) is 0 Å². The van der Waals surface area contributed by atoms with Gasteiger partial charge in [-0.3, -0.25) is 4.79 Å². The summed E-state index contributed by atoms with van der Waals surface area (Å²) >= 11 is 0. The van der Waals surface area contributed by atoms with Crippen LogP contribution in [0.2, 0.25) is 0 Å². The number of rotatable bonds is 3. The molecule has 3 atom stereocenters. The van der Waals surface area contributed by atoms with E-state index in [1.54, 1.807) is 12.1 Å². The normalized spacial score (nSPS) is 29.5. The Hall–Kier alpha value is -1.38. The van der Waals surface area contributed by atoms with E-state index in [1.807, 2.05) is 0 Å². The van der Waals surface area contributed by atoms with Gasteiger partial charge in [-0.1, -0.05) is 12.5 Å². The van der Waals surface area contributed by atoms with Gasteiger partial charge in [0, 0.05) is 12.1 Å². The third-order valence-corrected chi connectivity index (χ3v) is 4.44. The standard InChI is InChI=1S/C15H18FNO/c16-13-2-1-3-14(9-13)17-15(18)8-12-7-10-4-5-11(12)6-10/h1-3,9-12H,4-8H2,(H,17,18)/t10-,11-,12-/m1/s1. The predicted molar refractivity (Wildman–Crippen MR) is 68.6 cm³/mol.